The molecule has 0 spiro atoms. The highest BCUT2D eigenvalue weighted by molar-refractivity contribution is 6.01. The number of hydrogen-bond donors (Lipinski definition) is 3. The molecule has 1 amide bonds. The summed E-state index contributed by atoms with van der Waals surface area (Å²) in [5.74, 6) is -1.05. The highest BCUT2D eigenvalue weighted by Crippen LogP contribution is 2.67. The lowest BCUT2D eigenvalue weighted by molar-refractivity contribution is -0.181. The number of hydrogen-bond acceptors (Lipinski definition) is 8. The number of nitrogens with one attached hydrogen (secondary N) is 1. The molecule has 0 bridgehead atoms. The predicted octanol–water partition coefficient (Wildman–Crippen LogP) is 2.80. The summed E-state index contributed by atoms with van der Waals surface area (Å²) in [6, 6.07) is 3.44. The molecular formula is C30H37NO8. The molecule has 0 aromatic carbocycles. The maximum absolute atomic E-state index is 13.3. The quantitative estimate of drug-likeness (QED) is 0.428. The molecule has 9 heteroatoms. The lowest BCUT2D eigenvalue weighted by Crippen LogP contribution is -2.61. The van der Waals surface area contributed by atoms with Crippen LogP contribution >= 0.6 is 0 Å². The summed E-state index contributed by atoms with van der Waals surface area (Å²) in [5, 5.41) is 25.8. The van der Waals surface area contributed by atoms with Gasteiger partial charge in [0.05, 0.1) is 25.3 Å². The number of aliphatic hydroxyl groups excluding tert-OH is 1. The number of carbonyl (C=O) groups is 4. The van der Waals surface area contributed by atoms with Crippen LogP contribution in [0.15, 0.2) is 46.6 Å². The molecule has 0 radical (unpaired) electrons. The first-order valence-corrected chi connectivity index (χ1v) is 13.8. The molecule has 0 saturated heterocycles. The van der Waals surface area contributed by atoms with Gasteiger partial charge in [-0.05, 0) is 68.2 Å². The highest BCUT2D eigenvalue weighted by atomic mass is 16.5. The normalized spacial score (nSPS) is 36.8. The number of fused-ring (bicyclic) bond motifs is 5. The van der Waals surface area contributed by atoms with E-state index in [2.05, 4.69) is 12.2 Å². The number of Topliss-reactive ketones (excluding diaryl/α,β-unsaturated/α-hetero) is 1. The van der Waals surface area contributed by atoms with Crippen molar-refractivity contribution in [3.63, 3.8) is 0 Å². The van der Waals surface area contributed by atoms with E-state index in [4.69, 9.17) is 9.15 Å². The first-order valence-electron chi connectivity index (χ1n) is 13.8. The number of ketones is 2. The van der Waals surface area contributed by atoms with E-state index in [9.17, 15) is 29.4 Å². The Balaban J connectivity index is 1.19. The SMILES string of the molecule is C[C@]12C=CC(=O)C=C1CC[C@@H]1[C@@H]2[C@H](O)C[C@@]2(C)[C@H]1CC[C@]2(O)C(=O)COC(=O)CCC(=O)NCc1ccco1. The van der Waals surface area contributed by atoms with Crippen molar-refractivity contribution in [1.82, 2.24) is 5.32 Å². The largest absolute Gasteiger partial charge is 0.467 e. The van der Waals surface area contributed by atoms with Crippen molar-refractivity contribution in [2.45, 2.75) is 77.0 Å². The third-order valence-corrected chi connectivity index (χ3v) is 10.1. The Labute approximate surface area is 227 Å². The summed E-state index contributed by atoms with van der Waals surface area (Å²) in [7, 11) is 0. The van der Waals surface area contributed by atoms with Gasteiger partial charge in [0, 0.05) is 23.2 Å². The topological polar surface area (TPSA) is 143 Å². The van der Waals surface area contributed by atoms with Crippen LogP contribution in [0, 0.1) is 28.6 Å². The van der Waals surface area contributed by atoms with Gasteiger partial charge in [-0.2, -0.15) is 0 Å². The van der Waals surface area contributed by atoms with Crippen molar-refractivity contribution < 1.29 is 38.5 Å². The molecule has 3 saturated carbocycles. The monoisotopic (exact) mass is 539 g/mol. The van der Waals surface area contributed by atoms with Crippen LogP contribution in [0.3, 0.4) is 0 Å². The van der Waals surface area contributed by atoms with Gasteiger partial charge in [-0.25, -0.2) is 0 Å². The molecule has 0 aliphatic heterocycles. The fraction of sp³-hybridized carbons (Fsp3) is 0.600. The van der Waals surface area contributed by atoms with Gasteiger partial charge < -0.3 is 24.7 Å². The minimum absolute atomic E-state index is 0.0119. The van der Waals surface area contributed by atoms with Gasteiger partial charge >= 0.3 is 5.97 Å². The van der Waals surface area contributed by atoms with Gasteiger partial charge in [-0.1, -0.05) is 25.5 Å². The molecule has 0 unspecified atom stereocenters. The van der Waals surface area contributed by atoms with E-state index in [1.165, 1.54) is 6.26 Å². The number of rotatable bonds is 8. The van der Waals surface area contributed by atoms with E-state index in [-0.39, 0.29) is 61.7 Å². The Morgan fingerprint density at radius 1 is 1.21 bits per heavy atom. The fourth-order valence-corrected chi connectivity index (χ4v) is 8.03. The maximum Gasteiger partial charge on any atom is 0.306 e. The highest BCUT2D eigenvalue weighted by Gasteiger charge is 2.68. The van der Waals surface area contributed by atoms with Crippen molar-refractivity contribution >= 4 is 23.4 Å². The smallest absolute Gasteiger partial charge is 0.306 e. The molecule has 1 aromatic heterocycles. The van der Waals surface area contributed by atoms with E-state index in [0.29, 0.717) is 12.2 Å². The molecule has 3 fully saturated rings. The van der Waals surface area contributed by atoms with Gasteiger partial charge in [0.1, 0.15) is 11.4 Å². The Morgan fingerprint density at radius 3 is 2.74 bits per heavy atom. The van der Waals surface area contributed by atoms with Crippen molar-refractivity contribution in [1.29, 1.82) is 0 Å². The second-order valence-corrected chi connectivity index (χ2v) is 12.1. The van der Waals surface area contributed by atoms with Crippen LogP contribution in [0.25, 0.3) is 0 Å². The standard InChI is InChI=1S/C30H37NO8/c1-28-11-9-19(32)14-18(28)5-6-21-22-10-12-30(37,29(22,2)15-23(33)27(21)28)24(34)17-39-26(36)8-7-25(35)31-16-20-4-3-13-38-20/h3-4,9,11,13-14,21-23,27,33,37H,5-8,10,12,15-17H2,1-2H3,(H,31,35)/t21-,22-,23+,27+,28-,29-,30-/m0/s1. The number of esters is 1. The second kappa shape index (κ2) is 10.2. The van der Waals surface area contributed by atoms with Crippen molar-refractivity contribution in [3.05, 3.63) is 48.0 Å². The minimum atomic E-state index is -1.72. The van der Waals surface area contributed by atoms with Gasteiger partial charge in [-0.15, -0.1) is 0 Å². The second-order valence-electron chi connectivity index (χ2n) is 12.1. The summed E-state index contributed by atoms with van der Waals surface area (Å²) in [4.78, 5) is 49.6. The fourth-order valence-electron chi connectivity index (χ4n) is 8.03. The zero-order valence-electron chi connectivity index (χ0n) is 22.5. The molecule has 5 rings (SSSR count). The Bertz CT molecular complexity index is 1220. The lowest BCUT2D eigenvalue weighted by Gasteiger charge is -2.59. The average Bonchev–Trinajstić information content (AvgIpc) is 3.51. The van der Waals surface area contributed by atoms with Gasteiger partial charge in [0.15, 0.2) is 12.4 Å². The van der Waals surface area contributed by atoms with E-state index < -0.39 is 40.9 Å². The van der Waals surface area contributed by atoms with Crippen molar-refractivity contribution in [3.8, 4) is 0 Å². The molecule has 3 N–H and O–H groups in total. The molecule has 210 valence electrons. The number of carbonyl (C=O) groups excluding carboxylic acids is 4. The molecular weight excluding hydrogens is 502 g/mol. The number of allylic oxidation sites excluding steroid dienone is 4. The van der Waals surface area contributed by atoms with Crippen LogP contribution in [0.1, 0.15) is 64.6 Å². The van der Waals surface area contributed by atoms with Crippen LogP contribution < -0.4 is 5.32 Å². The van der Waals surface area contributed by atoms with Crippen LogP contribution in [0.4, 0.5) is 0 Å². The third kappa shape index (κ3) is 4.69. The molecule has 39 heavy (non-hydrogen) atoms. The summed E-state index contributed by atoms with van der Waals surface area (Å²) in [6.45, 7) is 3.59. The van der Waals surface area contributed by atoms with Crippen molar-refractivity contribution in [2.24, 2.45) is 28.6 Å². The summed E-state index contributed by atoms with van der Waals surface area (Å²) in [5.41, 5.74) is -1.97. The Kier molecular flexibility index (Phi) is 7.18. The molecule has 9 nitrogen and oxygen atoms in total. The zero-order valence-corrected chi connectivity index (χ0v) is 22.5. The van der Waals surface area contributed by atoms with Crippen LogP contribution in [0.5, 0.6) is 0 Å². The zero-order chi connectivity index (χ0) is 28.0. The van der Waals surface area contributed by atoms with Gasteiger partial charge in [0.25, 0.3) is 0 Å². The van der Waals surface area contributed by atoms with Crippen LogP contribution in [-0.4, -0.2) is 52.0 Å². The number of furan rings is 1. The molecule has 7 atom stereocenters. The summed E-state index contributed by atoms with van der Waals surface area (Å²) >= 11 is 0. The first-order chi connectivity index (χ1) is 18.5. The number of ether oxygens (including phenoxy) is 1. The van der Waals surface area contributed by atoms with Crippen LogP contribution in [-0.2, 0) is 30.5 Å². The predicted molar refractivity (Wildman–Crippen MR) is 139 cm³/mol. The Hall–Kier alpha value is -3.04. The molecule has 1 heterocycles. The van der Waals surface area contributed by atoms with Crippen molar-refractivity contribution in [2.75, 3.05) is 6.61 Å². The van der Waals surface area contributed by atoms with E-state index in [0.717, 1.165) is 18.4 Å². The van der Waals surface area contributed by atoms with Crippen LogP contribution in [0.2, 0.25) is 0 Å². The summed E-state index contributed by atoms with van der Waals surface area (Å²) < 4.78 is 10.3. The van der Waals surface area contributed by atoms with E-state index in [1.807, 2.05) is 13.0 Å². The first kappa shape index (κ1) is 27.5. The maximum atomic E-state index is 13.3. The lowest BCUT2D eigenvalue weighted by atomic mass is 9.46. The van der Waals surface area contributed by atoms with E-state index >= 15 is 0 Å². The van der Waals surface area contributed by atoms with E-state index in [1.54, 1.807) is 24.3 Å². The number of aliphatic hydroxyl groups is 2. The average molecular weight is 540 g/mol. The molecule has 4 aliphatic rings. The molecule has 4 aliphatic carbocycles. The van der Waals surface area contributed by atoms with Gasteiger partial charge in [-0.3, -0.25) is 19.2 Å². The Morgan fingerprint density at radius 2 is 2.00 bits per heavy atom. The molecule has 1 aromatic rings. The van der Waals surface area contributed by atoms with Gasteiger partial charge in [0.2, 0.25) is 11.7 Å². The third-order valence-electron chi connectivity index (χ3n) is 10.1. The summed E-state index contributed by atoms with van der Waals surface area (Å²) in [6.07, 6.45) is 8.30. The number of amides is 1. The minimum Gasteiger partial charge on any atom is -0.467 e.